The molecule has 194 valence electrons. The quantitative estimate of drug-likeness (QED) is 0.479. The number of primary amides is 1. The molecule has 5 rings (SSSR count). The number of carbonyl (C=O) groups is 2. The van der Waals surface area contributed by atoms with Gasteiger partial charge in [0.25, 0.3) is 0 Å². The summed E-state index contributed by atoms with van der Waals surface area (Å²) >= 11 is 16.9. The van der Waals surface area contributed by atoms with Crippen molar-refractivity contribution in [1.82, 2.24) is 15.1 Å². The molecular formula is C27H33BrCl2N4O2. The standard InChI is InChI=1S/C27H33BrCl2N4O2/c28-20-12-19-2-1-18-13-21(29)14-22(30)24(18)25(26(19)32-15-20)17-5-9-33(10-6-17)23(35)11-16-3-7-34(8-4-16)27(31)36/h12-17,25-26,32H,1-11H2,(H2,31,36). The van der Waals surface area contributed by atoms with Crippen LogP contribution in [-0.4, -0.2) is 54.0 Å². The summed E-state index contributed by atoms with van der Waals surface area (Å²) in [6, 6.07) is 3.78. The molecule has 2 fully saturated rings. The van der Waals surface area contributed by atoms with E-state index in [0.29, 0.717) is 36.4 Å². The lowest BCUT2D eigenvalue weighted by Crippen LogP contribution is -2.45. The Balaban J connectivity index is 1.28. The number of nitrogens with two attached hydrogens (primary N) is 1. The number of piperidine rings is 2. The first-order valence-electron chi connectivity index (χ1n) is 12.9. The van der Waals surface area contributed by atoms with E-state index in [1.54, 1.807) is 4.90 Å². The Bertz CT molecular complexity index is 1090. The third-order valence-corrected chi connectivity index (χ3v) is 9.46. The first-order chi connectivity index (χ1) is 17.3. The predicted octanol–water partition coefficient (Wildman–Crippen LogP) is 5.58. The fraction of sp³-hybridized carbons (Fsp3) is 0.556. The minimum absolute atomic E-state index is 0.189. The number of halogens is 3. The number of aryl methyl sites for hydroxylation is 1. The first kappa shape index (κ1) is 25.9. The summed E-state index contributed by atoms with van der Waals surface area (Å²) < 4.78 is 1.06. The van der Waals surface area contributed by atoms with Crippen molar-refractivity contribution >= 4 is 51.1 Å². The zero-order valence-corrected chi connectivity index (χ0v) is 23.4. The predicted molar refractivity (Wildman–Crippen MR) is 147 cm³/mol. The number of nitrogens with one attached hydrogen (secondary N) is 1. The molecule has 36 heavy (non-hydrogen) atoms. The second kappa shape index (κ2) is 11.0. The van der Waals surface area contributed by atoms with Crippen LogP contribution in [-0.2, 0) is 11.2 Å². The molecule has 0 spiro atoms. The summed E-state index contributed by atoms with van der Waals surface area (Å²) in [4.78, 5) is 28.2. The number of likely N-dealkylation sites (tertiary alicyclic amines) is 2. The van der Waals surface area contributed by atoms with E-state index >= 15 is 0 Å². The van der Waals surface area contributed by atoms with Gasteiger partial charge in [-0.3, -0.25) is 4.79 Å². The Morgan fingerprint density at radius 2 is 1.72 bits per heavy atom. The smallest absolute Gasteiger partial charge is 0.314 e. The Labute approximate surface area is 231 Å². The first-order valence-corrected chi connectivity index (χ1v) is 14.5. The van der Waals surface area contributed by atoms with Crippen LogP contribution in [0.5, 0.6) is 0 Å². The highest BCUT2D eigenvalue weighted by Crippen LogP contribution is 2.47. The molecule has 2 unspecified atom stereocenters. The number of urea groups is 1. The monoisotopic (exact) mass is 594 g/mol. The fourth-order valence-electron chi connectivity index (χ4n) is 6.56. The van der Waals surface area contributed by atoms with E-state index in [-0.39, 0.29) is 23.9 Å². The Hall–Kier alpha value is -1.70. The molecule has 9 heteroatoms. The largest absolute Gasteiger partial charge is 0.383 e. The molecule has 0 saturated carbocycles. The maximum atomic E-state index is 13.1. The van der Waals surface area contributed by atoms with Crippen LogP contribution in [0.25, 0.3) is 0 Å². The van der Waals surface area contributed by atoms with Crippen LogP contribution in [0.4, 0.5) is 4.79 Å². The zero-order chi connectivity index (χ0) is 25.4. The van der Waals surface area contributed by atoms with Gasteiger partial charge in [-0.15, -0.1) is 0 Å². The molecule has 2 atom stereocenters. The van der Waals surface area contributed by atoms with Crippen molar-refractivity contribution in [3.8, 4) is 0 Å². The molecule has 1 aliphatic carbocycles. The third-order valence-electron chi connectivity index (χ3n) is 8.47. The summed E-state index contributed by atoms with van der Waals surface area (Å²) in [7, 11) is 0. The van der Waals surface area contributed by atoms with Gasteiger partial charge in [-0.25, -0.2) is 4.79 Å². The summed E-state index contributed by atoms with van der Waals surface area (Å²) in [5, 5.41) is 5.09. The van der Waals surface area contributed by atoms with Gasteiger partial charge in [-0.05, 0) is 101 Å². The van der Waals surface area contributed by atoms with Crippen LogP contribution in [0.15, 0.2) is 34.5 Å². The van der Waals surface area contributed by atoms with Gasteiger partial charge in [0, 0.05) is 59.2 Å². The van der Waals surface area contributed by atoms with E-state index in [4.69, 9.17) is 28.9 Å². The van der Waals surface area contributed by atoms with Crippen molar-refractivity contribution in [1.29, 1.82) is 0 Å². The molecule has 3 heterocycles. The molecule has 1 aromatic rings. The van der Waals surface area contributed by atoms with Gasteiger partial charge in [0.15, 0.2) is 0 Å². The van der Waals surface area contributed by atoms with Gasteiger partial charge in [-0.1, -0.05) is 23.2 Å². The molecule has 3 aliphatic heterocycles. The molecule has 3 N–H and O–H groups in total. The number of nitrogens with zero attached hydrogens (tertiary/aromatic N) is 2. The van der Waals surface area contributed by atoms with Gasteiger partial charge in [0.2, 0.25) is 5.91 Å². The zero-order valence-electron chi connectivity index (χ0n) is 20.3. The minimum Gasteiger partial charge on any atom is -0.383 e. The lowest BCUT2D eigenvalue weighted by molar-refractivity contribution is -0.134. The third kappa shape index (κ3) is 5.44. The van der Waals surface area contributed by atoms with Crippen molar-refractivity contribution in [2.24, 2.45) is 17.6 Å². The number of rotatable bonds is 3. The number of fused-ring (bicyclic) bond motifs is 2. The van der Waals surface area contributed by atoms with Crippen LogP contribution in [0, 0.1) is 11.8 Å². The molecule has 2 saturated heterocycles. The van der Waals surface area contributed by atoms with Gasteiger partial charge < -0.3 is 20.9 Å². The molecular weight excluding hydrogens is 563 g/mol. The number of benzene rings is 1. The van der Waals surface area contributed by atoms with Crippen molar-refractivity contribution in [2.75, 3.05) is 26.2 Å². The van der Waals surface area contributed by atoms with E-state index in [1.165, 1.54) is 16.7 Å². The second-order valence-corrected chi connectivity index (χ2v) is 12.3. The van der Waals surface area contributed by atoms with Crippen LogP contribution < -0.4 is 11.1 Å². The Kier molecular flexibility index (Phi) is 7.89. The van der Waals surface area contributed by atoms with E-state index in [9.17, 15) is 9.59 Å². The van der Waals surface area contributed by atoms with Gasteiger partial charge in [0.1, 0.15) is 0 Å². The summed E-state index contributed by atoms with van der Waals surface area (Å²) in [6.07, 6.45) is 10.3. The average Bonchev–Trinajstić information content (AvgIpc) is 3.01. The number of hydrogen-bond acceptors (Lipinski definition) is 3. The highest BCUT2D eigenvalue weighted by molar-refractivity contribution is 9.11. The highest BCUT2D eigenvalue weighted by Gasteiger charge is 2.40. The number of dihydropyridines is 1. The van der Waals surface area contributed by atoms with Crippen molar-refractivity contribution in [2.45, 2.75) is 56.9 Å². The Morgan fingerprint density at radius 3 is 2.42 bits per heavy atom. The number of hydrogen-bond donors (Lipinski definition) is 2. The second-order valence-electron chi connectivity index (χ2n) is 10.6. The molecule has 0 aromatic heterocycles. The van der Waals surface area contributed by atoms with Gasteiger partial charge in [0.05, 0.1) is 6.04 Å². The van der Waals surface area contributed by atoms with E-state index < -0.39 is 0 Å². The maximum Gasteiger partial charge on any atom is 0.314 e. The topological polar surface area (TPSA) is 78.7 Å². The molecule has 3 amide bonds. The number of allylic oxidation sites excluding steroid dienone is 2. The maximum absolute atomic E-state index is 13.1. The fourth-order valence-corrected chi connectivity index (χ4v) is 7.65. The molecule has 6 nitrogen and oxygen atoms in total. The lowest BCUT2D eigenvalue weighted by atomic mass is 9.73. The minimum atomic E-state index is -0.363. The van der Waals surface area contributed by atoms with Gasteiger partial charge >= 0.3 is 6.03 Å². The SMILES string of the molecule is NC(=O)N1CCC(CC(=O)N2CCC(C3c4c(Cl)cc(Cl)cc4CCC4=CC(Br)=CNC43)CC2)CC1. The highest BCUT2D eigenvalue weighted by atomic mass is 79.9. The van der Waals surface area contributed by atoms with E-state index in [0.717, 1.165) is 61.1 Å². The average molecular weight is 596 g/mol. The van der Waals surface area contributed by atoms with Crippen LogP contribution in [0.3, 0.4) is 0 Å². The van der Waals surface area contributed by atoms with Gasteiger partial charge in [-0.2, -0.15) is 0 Å². The van der Waals surface area contributed by atoms with Crippen LogP contribution in [0.1, 0.15) is 55.6 Å². The molecule has 4 aliphatic rings. The summed E-state index contributed by atoms with van der Waals surface area (Å²) in [5.74, 6) is 1.20. The van der Waals surface area contributed by atoms with Crippen LogP contribution in [0.2, 0.25) is 10.0 Å². The van der Waals surface area contributed by atoms with Crippen molar-refractivity contribution in [3.63, 3.8) is 0 Å². The van der Waals surface area contributed by atoms with E-state index in [1.807, 2.05) is 17.2 Å². The molecule has 1 aromatic carbocycles. The number of amides is 3. The normalized spacial score (nSPS) is 25.2. The van der Waals surface area contributed by atoms with Crippen molar-refractivity contribution in [3.05, 3.63) is 55.6 Å². The summed E-state index contributed by atoms with van der Waals surface area (Å²) in [6.45, 7) is 2.84. The molecule has 0 radical (unpaired) electrons. The Morgan fingerprint density at radius 1 is 1.03 bits per heavy atom. The van der Waals surface area contributed by atoms with Crippen LogP contribution >= 0.6 is 39.1 Å². The van der Waals surface area contributed by atoms with E-state index in [2.05, 4.69) is 33.4 Å². The molecule has 0 bridgehead atoms. The number of carbonyl (C=O) groups excluding carboxylic acids is 2. The van der Waals surface area contributed by atoms with Crippen molar-refractivity contribution < 1.29 is 9.59 Å². The summed E-state index contributed by atoms with van der Waals surface area (Å²) in [5.41, 5.74) is 9.24. The lowest BCUT2D eigenvalue weighted by Gasteiger charge is -2.41.